The number of hydrogen-bond donors (Lipinski definition) is 3. The highest BCUT2D eigenvalue weighted by Gasteiger charge is 2.18. The van der Waals surface area contributed by atoms with Crippen molar-refractivity contribution in [2.75, 3.05) is 13.2 Å². The first-order valence-corrected chi connectivity index (χ1v) is 31.1. The minimum Gasteiger partial charge on any atom is -0.466 e. The van der Waals surface area contributed by atoms with Crippen molar-refractivity contribution in [1.82, 2.24) is 5.32 Å². The molecular formula is C65H119NO5. The summed E-state index contributed by atoms with van der Waals surface area (Å²) in [5.74, 6) is -0.0753. The zero-order valence-corrected chi connectivity index (χ0v) is 47.2. The van der Waals surface area contributed by atoms with Gasteiger partial charge in [-0.2, -0.15) is 0 Å². The van der Waals surface area contributed by atoms with Gasteiger partial charge in [-0.3, -0.25) is 9.59 Å². The fourth-order valence-corrected chi connectivity index (χ4v) is 9.22. The van der Waals surface area contributed by atoms with Gasteiger partial charge in [0.15, 0.2) is 0 Å². The number of carbonyl (C=O) groups excluding carboxylic acids is 2. The highest BCUT2D eigenvalue weighted by Crippen LogP contribution is 2.16. The molecule has 6 nitrogen and oxygen atoms in total. The number of hydrogen-bond acceptors (Lipinski definition) is 5. The van der Waals surface area contributed by atoms with E-state index in [1.165, 1.54) is 231 Å². The van der Waals surface area contributed by atoms with Crippen LogP contribution in [0.5, 0.6) is 0 Å². The second-order valence-corrected chi connectivity index (χ2v) is 21.0. The topological polar surface area (TPSA) is 95.9 Å². The van der Waals surface area contributed by atoms with Crippen molar-refractivity contribution in [3.05, 3.63) is 60.8 Å². The predicted molar refractivity (Wildman–Crippen MR) is 310 cm³/mol. The molecule has 1 amide bonds. The lowest BCUT2D eigenvalue weighted by atomic mass is 10.0. The summed E-state index contributed by atoms with van der Waals surface area (Å²) in [6.07, 6.45) is 78.3. The Morgan fingerprint density at radius 1 is 0.394 bits per heavy atom. The van der Waals surface area contributed by atoms with Gasteiger partial charge in [0, 0.05) is 12.8 Å². The molecule has 0 radical (unpaired) electrons. The van der Waals surface area contributed by atoms with Gasteiger partial charge >= 0.3 is 5.97 Å². The van der Waals surface area contributed by atoms with Crippen LogP contribution in [0, 0.1) is 0 Å². The van der Waals surface area contributed by atoms with Gasteiger partial charge in [-0.25, -0.2) is 0 Å². The number of ether oxygens (including phenoxy) is 1. The molecule has 0 heterocycles. The van der Waals surface area contributed by atoms with Crippen molar-refractivity contribution in [3.8, 4) is 0 Å². The van der Waals surface area contributed by atoms with Crippen molar-refractivity contribution in [1.29, 1.82) is 0 Å². The third kappa shape index (κ3) is 56.7. The Labute approximate surface area is 441 Å². The fraction of sp³-hybridized carbons (Fsp3) is 0.815. The molecule has 0 aromatic carbocycles. The van der Waals surface area contributed by atoms with Gasteiger partial charge in [-0.1, -0.05) is 267 Å². The summed E-state index contributed by atoms with van der Waals surface area (Å²) in [6.45, 7) is 4.86. The molecule has 0 aliphatic rings. The quantitative estimate of drug-likeness (QED) is 0.0321. The smallest absolute Gasteiger partial charge is 0.305 e. The van der Waals surface area contributed by atoms with Crippen LogP contribution in [0.4, 0.5) is 0 Å². The molecule has 0 saturated heterocycles. The first-order valence-electron chi connectivity index (χ1n) is 31.1. The molecular weight excluding hydrogens is 875 g/mol. The fourth-order valence-electron chi connectivity index (χ4n) is 9.22. The van der Waals surface area contributed by atoms with E-state index < -0.39 is 12.1 Å². The molecule has 71 heavy (non-hydrogen) atoms. The first kappa shape index (κ1) is 68.6. The van der Waals surface area contributed by atoms with Crippen LogP contribution in [0.1, 0.15) is 316 Å². The average Bonchev–Trinajstić information content (AvgIpc) is 3.37. The molecule has 6 heteroatoms. The molecule has 0 aromatic heterocycles. The summed E-state index contributed by atoms with van der Waals surface area (Å²) in [7, 11) is 0. The summed E-state index contributed by atoms with van der Waals surface area (Å²) < 4.78 is 5.48. The number of allylic oxidation sites excluding steroid dienone is 9. The number of aliphatic hydroxyl groups is 2. The molecule has 2 atom stereocenters. The number of nitrogens with one attached hydrogen (secondary N) is 1. The van der Waals surface area contributed by atoms with Gasteiger partial charge in [0.2, 0.25) is 5.91 Å². The van der Waals surface area contributed by atoms with Gasteiger partial charge < -0.3 is 20.3 Å². The highest BCUT2D eigenvalue weighted by atomic mass is 16.5. The highest BCUT2D eigenvalue weighted by molar-refractivity contribution is 5.76. The predicted octanol–water partition coefficient (Wildman–Crippen LogP) is 19.5. The Kier molecular flexibility index (Phi) is 58.1. The Morgan fingerprint density at radius 3 is 1.10 bits per heavy atom. The van der Waals surface area contributed by atoms with Crippen LogP contribution in [0.15, 0.2) is 60.8 Å². The second kappa shape index (κ2) is 60.1. The Balaban J connectivity index is 3.44. The average molecular weight is 995 g/mol. The van der Waals surface area contributed by atoms with Gasteiger partial charge in [-0.15, -0.1) is 0 Å². The number of rotatable bonds is 57. The molecule has 0 aliphatic carbocycles. The van der Waals surface area contributed by atoms with Crippen molar-refractivity contribution in [2.45, 2.75) is 328 Å². The molecule has 3 N–H and O–H groups in total. The minimum atomic E-state index is -0.848. The molecule has 0 bridgehead atoms. The Bertz CT molecular complexity index is 1240. The van der Waals surface area contributed by atoms with E-state index in [0.717, 1.165) is 57.8 Å². The number of carbonyl (C=O) groups is 2. The van der Waals surface area contributed by atoms with Crippen LogP contribution in [-0.2, 0) is 14.3 Å². The lowest BCUT2D eigenvalue weighted by Crippen LogP contribution is -2.45. The maximum Gasteiger partial charge on any atom is 0.305 e. The number of esters is 1. The van der Waals surface area contributed by atoms with E-state index in [0.29, 0.717) is 19.4 Å². The van der Waals surface area contributed by atoms with E-state index in [4.69, 9.17) is 4.74 Å². The van der Waals surface area contributed by atoms with Crippen molar-refractivity contribution < 1.29 is 24.5 Å². The van der Waals surface area contributed by atoms with Crippen molar-refractivity contribution >= 4 is 11.9 Å². The van der Waals surface area contributed by atoms with E-state index in [2.05, 4.69) is 67.8 Å². The summed E-state index contributed by atoms with van der Waals surface area (Å²) >= 11 is 0. The molecule has 0 aliphatic heterocycles. The molecule has 414 valence electrons. The van der Waals surface area contributed by atoms with E-state index in [1.54, 1.807) is 6.08 Å². The van der Waals surface area contributed by atoms with E-state index in [9.17, 15) is 19.8 Å². The van der Waals surface area contributed by atoms with Crippen LogP contribution >= 0.6 is 0 Å². The standard InChI is InChI=1S/C65H119NO5/c1-3-5-7-9-11-13-15-17-18-28-32-35-39-43-47-51-55-59-65(70)71-60-56-52-48-44-40-36-33-30-27-25-23-21-19-20-22-24-26-29-31-34-38-42-46-50-54-58-64(69)66-62(61-67)63(68)57-53-49-45-41-37-16-14-12-10-8-6-4-2/h11,13,17-18,20-23,53,57,62-63,67-68H,3-10,12,14-16,19,24-52,54-56,58-61H2,1-2H3,(H,66,69)/b13-11-,18-17-,22-20-,23-21-,57-53+. The number of unbranched alkanes of at least 4 members (excludes halogenated alkanes) is 38. The Morgan fingerprint density at radius 2 is 0.704 bits per heavy atom. The minimum absolute atomic E-state index is 0.000129. The molecule has 2 unspecified atom stereocenters. The summed E-state index contributed by atoms with van der Waals surface area (Å²) in [4.78, 5) is 24.5. The molecule has 0 spiro atoms. The molecule has 0 saturated carbocycles. The third-order valence-corrected chi connectivity index (χ3v) is 14.0. The summed E-state index contributed by atoms with van der Waals surface area (Å²) in [5, 5.41) is 23.0. The Hall–Kier alpha value is -2.44. The zero-order valence-electron chi connectivity index (χ0n) is 47.2. The van der Waals surface area contributed by atoms with Gasteiger partial charge in [0.25, 0.3) is 0 Å². The van der Waals surface area contributed by atoms with Crippen LogP contribution in [0.3, 0.4) is 0 Å². The normalized spacial score (nSPS) is 13.0. The summed E-state index contributed by atoms with van der Waals surface area (Å²) in [6, 6.07) is -0.633. The molecule has 0 rings (SSSR count). The van der Waals surface area contributed by atoms with Crippen molar-refractivity contribution in [2.24, 2.45) is 0 Å². The van der Waals surface area contributed by atoms with Crippen LogP contribution in [0.2, 0.25) is 0 Å². The largest absolute Gasteiger partial charge is 0.466 e. The lowest BCUT2D eigenvalue weighted by molar-refractivity contribution is -0.143. The van der Waals surface area contributed by atoms with Gasteiger partial charge in [0.05, 0.1) is 25.4 Å². The maximum atomic E-state index is 12.4. The lowest BCUT2D eigenvalue weighted by Gasteiger charge is -2.20. The van der Waals surface area contributed by atoms with Gasteiger partial charge in [-0.05, 0) is 96.3 Å². The van der Waals surface area contributed by atoms with Crippen molar-refractivity contribution in [3.63, 3.8) is 0 Å². The molecule has 0 fully saturated rings. The van der Waals surface area contributed by atoms with Crippen LogP contribution in [-0.4, -0.2) is 47.4 Å². The monoisotopic (exact) mass is 994 g/mol. The van der Waals surface area contributed by atoms with Crippen LogP contribution in [0.25, 0.3) is 0 Å². The van der Waals surface area contributed by atoms with E-state index in [1.807, 2.05) is 6.08 Å². The van der Waals surface area contributed by atoms with E-state index in [-0.39, 0.29) is 18.5 Å². The molecule has 0 aromatic rings. The SMILES string of the molecule is CCCCC/C=C\C/C=C\CCCCCCCCCC(=O)OCCCCCCCCCCC/C=C\C/C=C\CCCCCCCCCCCC(=O)NC(CO)C(O)/C=C/CCCCCCCCCCCC. The second-order valence-electron chi connectivity index (χ2n) is 21.0. The zero-order chi connectivity index (χ0) is 51.4. The number of aliphatic hydroxyl groups excluding tert-OH is 2. The maximum absolute atomic E-state index is 12.4. The van der Waals surface area contributed by atoms with Crippen LogP contribution < -0.4 is 5.32 Å². The number of amides is 1. The van der Waals surface area contributed by atoms with E-state index >= 15 is 0 Å². The first-order chi connectivity index (χ1) is 35.0. The third-order valence-electron chi connectivity index (χ3n) is 14.0. The van der Waals surface area contributed by atoms with Gasteiger partial charge in [0.1, 0.15) is 0 Å². The summed E-state index contributed by atoms with van der Waals surface area (Å²) in [5.41, 5.74) is 0.